The molecule has 2 aliphatic rings. The number of amides is 2. The maximum absolute atomic E-state index is 13.2. The second-order valence-corrected chi connectivity index (χ2v) is 9.80. The van der Waals surface area contributed by atoms with E-state index in [4.69, 9.17) is 31.5 Å². The van der Waals surface area contributed by atoms with Crippen LogP contribution in [0.2, 0.25) is 5.02 Å². The van der Waals surface area contributed by atoms with Crippen LogP contribution in [0.25, 0.3) is 11.0 Å². The van der Waals surface area contributed by atoms with Crippen molar-refractivity contribution in [2.45, 2.75) is 51.2 Å². The molecule has 0 radical (unpaired) electrons. The van der Waals surface area contributed by atoms with E-state index in [2.05, 4.69) is 11.9 Å². The molecule has 2 amide bonds. The van der Waals surface area contributed by atoms with E-state index in [9.17, 15) is 9.59 Å². The first-order valence-electron chi connectivity index (χ1n) is 13.0. The van der Waals surface area contributed by atoms with Gasteiger partial charge in [-0.25, -0.2) is 4.98 Å². The summed E-state index contributed by atoms with van der Waals surface area (Å²) in [7, 11) is 0. The van der Waals surface area contributed by atoms with Gasteiger partial charge in [0.1, 0.15) is 11.9 Å². The van der Waals surface area contributed by atoms with Crippen molar-refractivity contribution in [1.82, 2.24) is 14.5 Å². The number of likely N-dealkylation sites (tertiary alicyclic amines) is 1. The van der Waals surface area contributed by atoms with Gasteiger partial charge in [0.2, 0.25) is 11.9 Å². The smallest absolute Gasteiger partial charge is 0.258 e. The number of ether oxygens (including phenoxy) is 2. The van der Waals surface area contributed by atoms with Gasteiger partial charge < -0.3 is 24.4 Å². The summed E-state index contributed by atoms with van der Waals surface area (Å²) in [4.78, 5) is 32.2. The zero-order chi connectivity index (χ0) is 27.1. The molecule has 0 saturated carbocycles. The number of anilines is 1. The van der Waals surface area contributed by atoms with Crippen LogP contribution in [0.4, 0.5) is 5.95 Å². The number of imidazole rings is 1. The Bertz CT molecular complexity index is 1260. The number of aromatic nitrogens is 2. The number of halogens is 1. The average molecular weight is 540 g/mol. The van der Waals surface area contributed by atoms with Gasteiger partial charge in [-0.3, -0.25) is 14.9 Å². The van der Waals surface area contributed by atoms with Gasteiger partial charge in [-0.15, -0.1) is 0 Å². The molecular formula is C28H34ClN5O4. The van der Waals surface area contributed by atoms with Gasteiger partial charge in [0.05, 0.1) is 35.3 Å². The fraction of sp³-hybridized carbons (Fsp3) is 0.429. The lowest BCUT2D eigenvalue weighted by molar-refractivity contribution is -0.126. The lowest BCUT2D eigenvalue weighted by Gasteiger charge is -2.26. The zero-order valence-electron chi connectivity index (χ0n) is 21.6. The molecule has 1 aromatic heterocycles. The van der Waals surface area contributed by atoms with Crippen molar-refractivity contribution in [3.8, 4) is 5.75 Å². The van der Waals surface area contributed by atoms with Crippen molar-refractivity contribution in [3.05, 3.63) is 53.6 Å². The van der Waals surface area contributed by atoms with Crippen LogP contribution in [-0.2, 0) is 14.3 Å². The number of allylic oxidation sites excluding steroid dienone is 2. The first kappa shape index (κ1) is 27.6. The molecule has 10 heteroatoms. The van der Waals surface area contributed by atoms with Gasteiger partial charge in [-0.1, -0.05) is 30.3 Å². The third-order valence-corrected chi connectivity index (χ3v) is 7.07. The van der Waals surface area contributed by atoms with Gasteiger partial charge in [0.15, 0.2) is 0 Å². The summed E-state index contributed by atoms with van der Waals surface area (Å²) >= 11 is 6.86. The van der Waals surface area contributed by atoms with Gasteiger partial charge in [0.25, 0.3) is 5.91 Å². The minimum absolute atomic E-state index is 0.0357. The second-order valence-electron chi connectivity index (χ2n) is 9.39. The minimum Gasteiger partial charge on any atom is -0.490 e. The van der Waals surface area contributed by atoms with Crippen molar-refractivity contribution in [3.63, 3.8) is 0 Å². The van der Waals surface area contributed by atoms with E-state index < -0.39 is 5.91 Å². The average Bonchev–Trinajstić information content (AvgIpc) is 3.09. The van der Waals surface area contributed by atoms with Crippen molar-refractivity contribution < 1.29 is 19.1 Å². The fourth-order valence-corrected chi connectivity index (χ4v) is 5.26. The standard InChI is InChI=1S/C28H34ClN5O4/c1-3-7-19(9-12-30)27(36)32-28-31-24-17-22(38-21-10-14-37-15-11-21)16-23(29)26(24)34(28)20-8-5-6-13-33(18-20)25(35)4-2/h3-4,7,9,12,16-17,20-21,30H,2,5-6,8,10-11,13-15,18H2,1H3,(H,31,32,36)/b7-3+,19-9+,30-12?/t20-/m1/s1. The van der Waals surface area contributed by atoms with Crippen LogP contribution in [0, 0.1) is 5.41 Å². The van der Waals surface area contributed by atoms with Crippen molar-refractivity contribution in [2.24, 2.45) is 0 Å². The number of nitrogens with one attached hydrogen (secondary N) is 2. The van der Waals surface area contributed by atoms with Crippen molar-refractivity contribution in [2.75, 3.05) is 31.6 Å². The van der Waals surface area contributed by atoms with Crippen LogP contribution >= 0.6 is 11.6 Å². The lowest BCUT2D eigenvalue weighted by Crippen LogP contribution is -2.34. The molecule has 2 saturated heterocycles. The fourth-order valence-electron chi connectivity index (χ4n) is 4.97. The molecule has 2 N–H and O–H groups in total. The maximum Gasteiger partial charge on any atom is 0.258 e. The quantitative estimate of drug-likeness (QED) is 0.276. The molecule has 0 bridgehead atoms. The number of nitrogens with zero attached hydrogens (tertiary/aromatic N) is 3. The molecular weight excluding hydrogens is 506 g/mol. The van der Waals surface area contributed by atoms with Crippen LogP contribution < -0.4 is 10.1 Å². The maximum atomic E-state index is 13.2. The Morgan fingerprint density at radius 1 is 1.26 bits per heavy atom. The summed E-state index contributed by atoms with van der Waals surface area (Å²) in [5.41, 5.74) is 1.58. The molecule has 0 spiro atoms. The number of rotatable bonds is 8. The normalized spacial score (nSPS) is 19.4. The number of hydrogen-bond donors (Lipinski definition) is 2. The molecule has 2 aromatic rings. The Kier molecular flexibility index (Phi) is 9.36. The van der Waals surface area contributed by atoms with E-state index in [-0.39, 0.29) is 18.1 Å². The van der Waals surface area contributed by atoms with E-state index in [1.807, 2.05) is 10.6 Å². The van der Waals surface area contributed by atoms with Gasteiger partial charge >= 0.3 is 0 Å². The van der Waals surface area contributed by atoms with Crippen molar-refractivity contribution in [1.29, 1.82) is 5.41 Å². The summed E-state index contributed by atoms with van der Waals surface area (Å²) in [5.74, 6) is 0.410. The monoisotopic (exact) mass is 539 g/mol. The Hall–Kier alpha value is -3.43. The highest BCUT2D eigenvalue weighted by molar-refractivity contribution is 6.35. The molecule has 3 heterocycles. The topological polar surface area (TPSA) is 110 Å². The molecule has 38 heavy (non-hydrogen) atoms. The first-order chi connectivity index (χ1) is 18.4. The van der Waals surface area contributed by atoms with Crippen LogP contribution in [0.3, 0.4) is 0 Å². The number of hydrogen-bond acceptors (Lipinski definition) is 6. The lowest BCUT2D eigenvalue weighted by atomic mass is 10.1. The predicted molar refractivity (Wildman–Crippen MR) is 149 cm³/mol. The second kappa shape index (κ2) is 12.9. The van der Waals surface area contributed by atoms with Crippen LogP contribution in [-0.4, -0.2) is 64.9 Å². The Morgan fingerprint density at radius 3 is 2.76 bits per heavy atom. The highest BCUT2D eigenvalue weighted by atomic mass is 35.5. The predicted octanol–water partition coefficient (Wildman–Crippen LogP) is 5.08. The molecule has 4 rings (SSSR count). The van der Waals surface area contributed by atoms with Crippen LogP contribution in [0.15, 0.2) is 48.6 Å². The van der Waals surface area contributed by atoms with E-state index in [1.165, 1.54) is 12.2 Å². The molecule has 9 nitrogen and oxygen atoms in total. The molecule has 1 aromatic carbocycles. The summed E-state index contributed by atoms with van der Waals surface area (Å²) < 4.78 is 13.6. The molecule has 0 aliphatic carbocycles. The Balaban J connectivity index is 1.77. The number of carbonyl (C=O) groups is 2. The van der Waals surface area contributed by atoms with Gasteiger partial charge in [-0.05, 0) is 38.3 Å². The summed E-state index contributed by atoms with van der Waals surface area (Å²) in [5, 5.41) is 10.8. The van der Waals surface area contributed by atoms with Gasteiger partial charge in [-0.2, -0.15) is 0 Å². The number of benzene rings is 1. The van der Waals surface area contributed by atoms with E-state index in [0.29, 0.717) is 59.6 Å². The number of fused-ring (bicyclic) bond motifs is 1. The SMILES string of the molecule is C=CC(=O)N1CCCC[C@@H](n2c(NC(=O)C(/C=C/C)=C/C=N)nc3cc(OC4CCOCC4)cc(Cl)c32)C1. The highest BCUT2D eigenvalue weighted by Crippen LogP contribution is 2.37. The summed E-state index contributed by atoms with van der Waals surface area (Å²) in [6.07, 6.45) is 11.4. The first-order valence-corrected chi connectivity index (χ1v) is 13.3. The van der Waals surface area contributed by atoms with Crippen LogP contribution in [0.5, 0.6) is 5.75 Å². The highest BCUT2D eigenvalue weighted by Gasteiger charge is 2.28. The largest absolute Gasteiger partial charge is 0.490 e. The zero-order valence-corrected chi connectivity index (χ0v) is 22.4. The molecule has 2 aliphatic heterocycles. The number of carbonyl (C=O) groups excluding carboxylic acids is 2. The Morgan fingerprint density at radius 2 is 2.05 bits per heavy atom. The molecule has 202 valence electrons. The Labute approximate surface area is 227 Å². The van der Waals surface area contributed by atoms with E-state index in [0.717, 1.165) is 38.3 Å². The molecule has 0 unspecified atom stereocenters. The third kappa shape index (κ3) is 6.34. The summed E-state index contributed by atoms with van der Waals surface area (Å²) in [6, 6.07) is 3.46. The van der Waals surface area contributed by atoms with Gasteiger partial charge in [0, 0.05) is 49.9 Å². The summed E-state index contributed by atoms with van der Waals surface area (Å²) in [6.45, 7) is 7.84. The van der Waals surface area contributed by atoms with E-state index >= 15 is 0 Å². The van der Waals surface area contributed by atoms with Crippen LogP contribution in [0.1, 0.15) is 45.1 Å². The van der Waals surface area contributed by atoms with Crippen molar-refractivity contribution >= 4 is 46.6 Å². The molecule has 1 atom stereocenters. The van der Waals surface area contributed by atoms with E-state index in [1.54, 1.807) is 30.0 Å². The molecule has 2 fully saturated rings. The minimum atomic E-state index is -0.398. The third-order valence-electron chi connectivity index (χ3n) is 6.78.